The van der Waals surface area contributed by atoms with Gasteiger partial charge in [-0.3, -0.25) is 0 Å². The summed E-state index contributed by atoms with van der Waals surface area (Å²) in [5, 5.41) is 13.8. The normalized spacial score (nSPS) is 11.5. The van der Waals surface area contributed by atoms with E-state index in [0.717, 1.165) is 39.9 Å². The van der Waals surface area contributed by atoms with E-state index in [2.05, 4.69) is 43.3 Å². The molecule has 0 atom stereocenters. The van der Waals surface area contributed by atoms with Gasteiger partial charge in [-0.15, -0.1) is 10.2 Å². The molecule has 136 valence electrons. The Morgan fingerprint density at radius 3 is 2.85 bits per heavy atom. The Morgan fingerprint density at radius 1 is 1.11 bits per heavy atom. The third-order valence-electron chi connectivity index (χ3n) is 4.24. The van der Waals surface area contributed by atoms with Crippen LogP contribution in [0.3, 0.4) is 0 Å². The van der Waals surface area contributed by atoms with Gasteiger partial charge in [-0.25, -0.2) is 5.43 Å². The zero-order valence-electron chi connectivity index (χ0n) is 15.3. The van der Waals surface area contributed by atoms with Crippen LogP contribution in [0.4, 0.5) is 5.95 Å². The van der Waals surface area contributed by atoms with Crippen molar-refractivity contribution in [3.05, 3.63) is 54.1 Å². The lowest BCUT2D eigenvalue weighted by Gasteiger charge is -2.03. The zero-order valence-corrected chi connectivity index (χ0v) is 15.3. The van der Waals surface area contributed by atoms with Gasteiger partial charge >= 0.3 is 0 Å². The molecule has 0 aliphatic rings. The van der Waals surface area contributed by atoms with Gasteiger partial charge in [-0.2, -0.15) is 10.1 Å². The van der Waals surface area contributed by atoms with Crippen molar-refractivity contribution in [1.82, 2.24) is 19.7 Å². The molecule has 0 spiro atoms. The molecule has 4 aromatic rings. The molecule has 4 rings (SSSR count). The van der Waals surface area contributed by atoms with Crippen LogP contribution < -0.4 is 10.2 Å². The van der Waals surface area contributed by atoms with Gasteiger partial charge in [0.25, 0.3) is 5.95 Å². The second-order valence-electron chi connectivity index (χ2n) is 5.94. The second kappa shape index (κ2) is 7.41. The highest BCUT2D eigenvalue weighted by molar-refractivity contribution is 6.04. The quantitative estimate of drug-likeness (QED) is 0.417. The van der Waals surface area contributed by atoms with Crippen LogP contribution in [0, 0.1) is 0 Å². The van der Waals surface area contributed by atoms with Crippen LogP contribution >= 0.6 is 0 Å². The first-order valence-electron chi connectivity index (χ1n) is 8.93. The number of nitrogens with one attached hydrogen (secondary N) is 1. The molecule has 7 nitrogen and oxygen atoms in total. The van der Waals surface area contributed by atoms with E-state index in [1.54, 1.807) is 6.21 Å². The standard InChI is InChI=1S/C20H20N6O/c1-3-26-17-11-6-5-10-16(17)18-19(26)22-20(25-23-18)24-21-13-14-8-7-9-15(12-14)27-4-2/h5-13H,3-4H2,1-2H3,(H,22,24,25)/b21-13+. The van der Waals surface area contributed by atoms with Crippen LogP contribution in [0.2, 0.25) is 0 Å². The predicted molar refractivity (Wildman–Crippen MR) is 107 cm³/mol. The first kappa shape index (κ1) is 17.0. The van der Waals surface area contributed by atoms with E-state index in [9.17, 15) is 0 Å². The molecule has 7 heteroatoms. The Bertz CT molecular complexity index is 1120. The van der Waals surface area contributed by atoms with Gasteiger partial charge in [0.05, 0.1) is 18.3 Å². The van der Waals surface area contributed by atoms with Crippen molar-refractivity contribution >= 4 is 34.2 Å². The average molecular weight is 360 g/mol. The number of anilines is 1. The van der Waals surface area contributed by atoms with Crippen molar-refractivity contribution in [3.8, 4) is 5.75 Å². The van der Waals surface area contributed by atoms with Crippen molar-refractivity contribution in [1.29, 1.82) is 0 Å². The van der Waals surface area contributed by atoms with Crippen molar-refractivity contribution < 1.29 is 4.74 Å². The first-order chi connectivity index (χ1) is 13.3. The monoisotopic (exact) mass is 360 g/mol. The summed E-state index contributed by atoms with van der Waals surface area (Å²) in [4.78, 5) is 4.60. The average Bonchev–Trinajstić information content (AvgIpc) is 3.01. The molecule has 0 aliphatic heterocycles. The maximum Gasteiger partial charge on any atom is 0.265 e. The molecule has 27 heavy (non-hydrogen) atoms. The third-order valence-corrected chi connectivity index (χ3v) is 4.24. The topological polar surface area (TPSA) is 77.2 Å². The molecule has 0 aliphatic carbocycles. The van der Waals surface area contributed by atoms with Crippen LogP contribution in [0.1, 0.15) is 19.4 Å². The van der Waals surface area contributed by atoms with Gasteiger partial charge in [-0.1, -0.05) is 30.3 Å². The van der Waals surface area contributed by atoms with E-state index in [1.807, 2.05) is 49.4 Å². The Balaban J connectivity index is 1.61. The third kappa shape index (κ3) is 3.31. The maximum absolute atomic E-state index is 5.49. The van der Waals surface area contributed by atoms with Gasteiger partial charge in [0.2, 0.25) is 0 Å². The van der Waals surface area contributed by atoms with E-state index < -0.39 is 0 Å². The largest absolute Gasteiger partial charge is 0.494 e. The summed E-state index contributed by atoms with van der Waals surface area (Å²) in [6.45, 7) is 5.47. The van der Waals surface area contributed by atoms with E-state index >= 15 is 0 Å². The van der Waals surface area contributed by atoms with Crippen molar-refractivity contribution in [3.63, 3.8) is 0 Å². The Hall–Kier alpha value is -3.48. The highest BCUT2D eigenvalue weighted by Gasteiger charge is 2.13. The lowest BCUT2D eigenvalue weighted by molar-refractivity contribution is 0.340. The van der Waals surface area contributed by atoms with Gasteiger partial charge < -0.3 is 9.30 Å². The molecule has 2 aromatic heterocycles. The van der Waals surface area contributed by atoms with Crippen molar-refractivity contribution in [2.75, 3.05) is 12.0 Å². The van der Waals surface area contributed by atoms with E-state index in [1.165, 1.54) is 0 Å². The molecule has 0 saturated heterocycles. The second-order valence-corrected chi connectivity index (χ2v) is 5.94. The summed E-state index contributed by atoms with van der Waals surface area (Å²) in [5.41, 5.74) is 6.48. The molecule has 2 heterocycles. The fourth-order valence-corrected chi connectivity index (χ4v) is 3.09. The maximum atomic E-state index is 5.49. The number of nitrogens with zero attached hydrogens (tertiary/aromatic N) is 5. The fraction of sp³-hybridized carbons (Fsp3) is 0.200. The van der Waals surface area contributed by atoms with Gasteiger partial charge in [0.15, 0.2) is 5.65 Å². The minimum Gasteiger partial charge on any atom is -0.494 e. The smallest absolute Gasteiger partial charge is 0.265 e. The number of para-hydroxylation sites is 1. The van der Waals surface area contributed by atoms with Crippen molar-refractivity contribution in [2.24, 2.45) is 5.10 Å². The molecule has 0 unspecified atom stereocenters. The number of fused-ring (bicyclic) bond motifs is 3. The summed E-state index contributed by atoms with van der Waals surface area (Å²) >= 11 is 0. The van der Waals surface area contributed by atoms with Crippen molar-refractivity contribution in [2.45, 2.75) is 20.4 Å². The van der Waals surface area contributed by atoms with Crippen LogP contribution in [-0.4, -0.2) is 32.6 Å². The molecule has 0 fully saturated rings. The summed E-state index contributed by atoms with van der Waals surface area (Å²) < 4.78 is 7.62. The number of rotatable bonds is 6. The summed E-state index contributed by atoms with van der Waals surface area (Å²) in [6, 6.07) is 15.8. The summed E-state index contributed by atoms with van der Waals surface area (Å²) in [5.74, 6) is 1.17. The molecule has 0 bridgehead atoms. The number of hydrazone groups is 1. The minimum atomic E-state index is 0.359. The molecule has 1 N–H and O–H groups in total. The molecular formula is C20H20N6O. The van der Waals surface area contributed by atoms with Gasteiger partial charge in [0.1, 0.15) is 11.3 Å². The van der Waals surface area contributed by atoms with Crippen LogP contribution in [-0.2, 0) is 6.54 Å². The highest BCUT2D eigenvalue weighted by atomic mass is 16.5. The van der Waals surface area contributed by atoms with E-state index in [-0.39, 0.29) is 0 Å². The highest BCUT2D eigenvalue weighted by Crippen LogP contribution is 2.26. The molecular weight excluding hydrogens is 340 g/mol. The number of benzene rings is 2. The minimum absolute atomic E-state index is 0.359. The summed E-state index contributed by atoms with van der Waals surface area (Å²) in [7, 11) is 0. The van der Waals surface area contributed by atoms with Gasteiger partial charge in [0, 0.05) is 11.9 Å². The first-order valence-corrected chi connectivity index (χ1v) is 8.93. The van der Waals surface area contributed by atoms with Crippen LogP contribution in [0.25, 0.3) is 22.1 Å². The van der Waals surface area contributed by atoms with Gasteiger partial charge in [-0.05, 0) is 37.6 Å². The molecule has 0 amide bonds. The Kier molecular flexibility index (Phi) is 4.65. The number of hydrogen-bond acceptors (Lipinski definition) is 6. The number of hydrogen-bond donors (Lipinski definition) is 1. The predicted octanol–water partition coefficient (Wildman–Crippen LogP) is 3.84. The molecule has 2 aromatic carbocycles. The number of aromatic nitrogens is 4. The van der Waals surface area contributed by atoms with Crippen LogP contribution in [0.15, 0.2) is 53.6 Å². The van der Waals surface area contributed by atoms with E-state index in [0.29, 0.717) is 12.6 Å². The SMILES string of the molecule is CCOc1cccc(/C=N/Nc2nnc3c4ccccc4n(CC)c3n2)c1. The Morgan fingerprint density at radius 2 is 2.00 bits per heavy atom. The lowest BCUT2D eigenvalue weighted by Crippen LogP contribution is -2.02. The Labute approximate surface area is 156 Å². The molecule has 0 saturated carbocycles. The molecule has 0 radical (unpaired) electrons. The summed E-state index contributed by atoms with van der Waals surface area (Å²) in [6.07, 6.45) is 1.70. The number of ether oxygens (including phenoxy) is 1. The number of aryl methyl sites for hydroxylation is 1. The fourth-order valence-electron chi connectivity index (χ4n) is 3.09. The zero-order chi connectivity index (χ0) is 18.6. The van der Waals surface area contributed by atoms with E-state index in [4.69, 9.17) is 4.74 Å². The lowest BCUT2D eigenvalue weighted by atomic mass is 10.2. The van der Waals surface area contributed by atoms with Crippen LogP contribution in [0.5, 0.6) is 5.75 Å².